The van der Waals surface area contributed by atoms with Gasteiger partial charge in [0.05, 0.1) is 12.1 Å². The Morgan fingerprint density at radius 3 is 2.80 bits per heavy atom. The molecular formula is C8H14N2. The first-order valence-electron chi connectivity index (χ1n) is 3.99. The molecule has 1 aliphatic heterocycles. The van der Waals surface area contributed by atoms with Crippen LogP contribution in [0.25, 0.3) is 0 Å². The predicted octanol–water partition coefficient (Wildman–Crippen LogP) is 1.29. The lowest BCUT2D eigenvalue weighted by Crippen LogP contribution is -2.37. The number of rotatable bonds is 1. The molecule has 0 unspecified atom stereocenters. The fraction of sp³-hybridized carbons (Fsp3) is 0.875. The summed E-state index contributed by atoms with van der Waals surface area (Å²) in [4.78, 5) is 0. The Morgan fingerprint density at radius 2 is 2.40 bits per heavy atom. The van der Waals surface area contributed by atoms with Gasteiger partial charge in [0.2, 0.25) is 0 Å². The van der Waals surface area contributed by atoms with Crippen molar-refractivity contribution >= 4 is 0 Å². The number of hydrogen-bond acceptors (Lipinski definition) is 2. The second kappa shape index (κ2) is 3.58. The Kier molecular flexibility index (Phi) is 2.70. The molecule has 1 saturated heterocycles. The van der Waals surface area contributed by atoms with E-state index in [-0.39, 0.29) is 6.04 Å². The van der Waals surface area contributed by atoms with Crippen LogP contribution in [0, 0.1) is 17.2 Å². The third-order valence-electron chi connectivity index (χ3n) is 2.25. The van der Waals surface area contributed by atoms with E-state index in [1.54, 1.807) is 0 Å². The maximum absolute atomic E-state index is 8.54. The summed E-state index contributed by atoms with van der Waals surface area (Å²) in [5.41, 5.74) is 0. The molecule has 0 bridgehead atoms. The minimum atomic E-state index is 0.128. The highest BCUT2D eigenvalue weighted by Gasteiger charge is 2.17. The summed E-state index contributed by atoms with van der Waals surface area (Å²) in [6.07, 6.45) is 3.50. The van der Waals surface area contributed by atoms with Gasteiger partial charge >= 0.3 is 0 Å². The zero-order chi connectivity index (χ0) is 7.40. The molecule has 10 heavy (non-hydrogen) atoms. The molecule has 2 heteroatoms. The zero-order valence-corrected chi connectivity index (χ0v) is 6.43. The third-order valence-corrected chi connectivity index (χ3v) is 2.25. The smallest absolute Gasteiger partial charge is 0.0953 e. The van der Waals surface area contributed by atoms with Crippen LogP contribution in [0.3, 0.4) is 0 Å². The van der Waals surface area contributed by atoms with Gasteiger partial charge in [0.1, 0.15) is 0 Å². The first kappa shape index (κ1) is 7.56. The lowest BCUT2D eigenvalue weighted by Gasteiger charge is -2.24. The highest BCUT2D eigenvalue weighted by molar-refractivity contribution is 4.93. The molecular weight excluding hydrogens is 124 g/mol. The van der Waals surface area contributed by atoms with Gasteiger partial charge in [-0.05, 0) is 25.3 Å². The van der Waals surface area contributed by atoms with Crippen molar-refractivity contribution in [1.29, 1.82) is 5.26 Å². The van der Waals surface area contributed by atoms with E-state index in [1.807, 2.05) is 0 Å². The molecule has 0 aliphatic carbocycles. The van der Waals surface area contributed by atoms with Gasteiger partial charge in [0.15, 0.2) is 0 Å². The van der Waals surface area contributed by atoms with Crippen molar-refractivity contribution in [2.75, 3.05) is 6.54 Å². The van der Waals surface area contributed by atoms with Crippen LogP contribution in [-0.2, 0) is 0 Å². The fourth-order valence-corrected chi connectivity index (χ4v) is 1.37. The maximum atomic E-state index is 8.54. The van der Waals surface area contributed by atoms with Crippen LogP contribution in [0.2, 0.25) is 0 Å². The lowest BCUT2D eigenvalue weighted by atomic mass is 9.93. The first-order chi connectivity index (χ1) is 4.86. The van der Waals surface area contributed by atoms with Gasteiger partial charge in [-0.3, -0.25) is 0 Å². The molecule has 0 saturated carbocycles. The van der Waals surface area contributed by atoms with E-state index in [0.29, 0.717) is 0 Å². The number of nitriles is 1. The van der Waals surface area contributed by atoms with Crippen LogP contribution in [0.4, 0.5) is 0 Å². The van der Waals surface area contributed by atoms with E-state index < -0.39 is 0 Å². The fourth-order valence-electron chi connectivity index (χ4n) is 1.37. The van der Waals surface area contributed by atoms with Crippen LogP contribution in [-0.4, -0.2) is 12.6 Å². The molecule has 0 amide bonds. The molecule has 1 rings (SSSR count). The summed E-state index contributed by atoms with van der Waals surface area (Å²) in [5, 5.41) is 11.7. The van der Waals surface area contributed by atoms with E-state index in [9.17, 15) is 0 Å². The Morgan fingerprint density at radius 1 is 1.60 bits per heavy atom. The summed E-state index contributed by atoms with van der Waals surface area (Å²) >= 11 is 0. The molecule has 1 heterocycles. The molecule has 0 aromatic heterocycles. The van der Waals surface area contributed by atoms with Gasteiger partial charge in [0, 0.05) is 0 Å². The van der Waals surface area contributed by atoms with E-state index in [1.165, 1.54) is 12.8 Å². The van der Waals surface area contributed by atoms with E-state index in [2.05, 4.69) is 18.3 Å². The summed E-state index contributed by atoms with van der Waals surface area (Å²) in [7, 11) is 0. The van der Waals surface area contributed by atoms with Gasteiger partial charge in [-0.1, -0.05) is 13.3 Å². The standard InChI is InChI=1S/C8H14N2/c1-2-7-3-4-8(5-9)10-6-7/h7-8,10H,2-4,6H2,1H3/t7-,8+/m1/s1. The SMILES string of the molecule is CC[C@@H]1CC[C@@H](C#N)NC1. The van der Waals surface area contributed by atoms with Gasteiger partial charge in [0.25, 0.3) is 0 Å². The second-order valence-electron chi connectivity index (χ2n) is 2.94. The van der Waals surface area contributed by atoms with Gasteiger partial charge < -0.3 is 5.32 Å². The molecule has 0 spiro atoms. The molecule has 56 valence electrons. The summed E-state index contributed by atoms with van der Waals surface area (Å²) in [6, 6.07) is 2.37. The van der Waals surface area contributed by atoms with E-state index >= 15 is 0 Å². The monoisotopic (exact) mass is 138 g/mol. The van der Waals surface area contributed by atoms with Crippen molar-refractivity contribution in [3.05, 3.63) is 0 Å². The number of nitrogens with one attached hydrogen (secondary N) is 1. The Labute approximate surface area is 62.2 Å². The summed E-state index contributed by atoms with van der Waals surface area (Å²) in [5.74, 6) is 0.810. The lowest BCUT2D eigenvalue weighted by molar-refractivity contribution is 0.337. The average Bonchev–Trinajstić information content (AvgIpc) is 2.05. The minimum absolute atomic E-state index is 0.128. The van der Waals surface area contributed by atoms with Gasteiger partial charge in [-0.2, -0.15) is 5.26 Å². The van der Waals surface area contributed by atoms with E-state index in [0.717, 1.165) is 18.9 Å². The number of nitrogens with zero attached hydrogens (tertiary/aromatic N) is 1. The molecule has 0 radical (unpaired) electrons. The largest absolute Gasteiger partial charge is 0.302 e. The Bertz CT molecular complexity index is 129. The zero-order valence-electron chi connectivity index (χ0n) is 6.43. The van der Waals surface area contributed by atoms with Crippen molar-refractivity contribution in [1.82, 2.24) is 5.32 Å². The average molecular weight is 138 g/mol. The molecule has 1 N–H and O–H groups in total. The van der Waals surface area contributed by atoms with Crippen LogP contribution in [0.5, 0.6) is 0 Å². The van der Waals surface area contributed by atoms with Crippen molar-refractivity contribution in [3.8, 4) is 6.07 Å². The third kappa shape index (κ3) is 1.71. The number of hydrogen-bond donors (Lipinski definition) is 1. The van der Waals surface area contributed by atoms with Gasteiger partial charge in [-0.15, -0.1) is 0 Å². The minimum Gasteiger partial charge on any atom is -0.302 e. The van der Waals surface area contributed by atoms with Crippen molar-refractivity contribution in [3.63, 3.8) is 0 Å². The second-order valence-corrected chi connectivity index (χ2v) is 2.94. The van der Waals surface area contributed by atoms with Crippen LogP contribution in [0.15, 0.2) is 0 Å². The van der Waals surface area contributed by atoms with Crippen LogP contribution >= 0.6 is 0 Å². The molecule has 1 aliphatic rings. The molecule has 0 aromatic rings. The van der Waals surface area contributed by atoms with Crippen molar-refractivity contribution < 1.29 is 0 Å². The molecule has 1 fully saturated rings. The quantitative estimate of drug-likeness (QED) is 0.592. The first-order valence-corrected chi connectivity index (χ1v) is 3.99. The summed E-state index contributed by atoms with van der Waals surface area (Å²) in [6.45, 7) is 3.24. The van der Waals surface area contributed by atoms with Crippen molar-refractivity contribution in [2.24, 2.45) is 5.92 Å². The van der Waals surface area contributed by atoms with Crippen LogP contribution in [0.1, 0.15) is 26.2 Å². The molecule has 2 nitrogen and oxygen atoms in total. The highest BCUT2D eigenvalue weighted by Crippen LogP contribution is 2.16. The summed E-state index contributed by atoms with van der Waals surface area (Å²) < 4.78 is 0. The normalized spacial score (nSPS) is 33.2. The molecule has 2 atom stereocenters. The topological polar surface area (TPSA) is 35.8 Å². The molecule has 0 aromatic carbocycles. The van der Waals surface area contributed by atoms with E-state index in [4.69, 9.17) is 5.26 Å². The maximum Gasteiger partial charge on any atom is 0.0953 e. The highest BCUT2D eigenvalue weighted by atomic mass is 14.9. The number of piperidine rings is 1. The Balaban J connectivity index is 2.25. The van der Waals surface area contributed by atoms with Gasteiger partial charge in [-0.25, -0.2) is 0 Å². The van der Waals surface area contributed by atoms with Crippen molar-refractivity contribution in [2.45, 2.75) is 32.2 Å². The Hall–Kier alpha value is -0.550. The van der Waals surface area contributed by atoms with Crippen LogP contribution < -0.4 is 5.32 Å². The predicted molar refractivity (Wildman–Crippen MR) is 40.4 cm³/mol.